The molecule has 0 bridgehead atoms. The zero-order valence-corrected chi connectivity index (χ0v) is 17.8. The van der Waals surface area contributed by atoms with E-state index in [4.69, 9.17) is 0 Å². The Labute approximate surface area is 188 Å². The van der Waals surface area contributed by atoms with Gasteiger partial charge in [-0.1, -0.05) is 48.5 Å². The lowest BCUT2D eigenvalue weighted by Crippen LogP contribution is -2.29. The number of benzene rings is 3. The molecule has 1 aliphatic heterocycles. The summed E-state index contributed by atoms with van der Waals surface area (Å²) in [6.07, 6.45) is 0. The van der Waals surface area contributed by atoms with Gasteiger partial charge in [0.05, 0.1) is 22.5 Å². The summed E-state index contributed by atoms with van der Waals surface area (Å²) in [5.41, 5.74) is 3.77. The van der Waals surface area contributed by atoms with Crippen LogP contribution in [-0.2, 0) is 0 Å². The predicted molar refractivity (Wildman–Crippen MR) is 124 cm³/mol. The van der Waals surface area contributed by atoms with Gasteiger partial charge in [0.25, 0.3) is 17.7 Å². The number of thiazole rings is 1. The number of nitrogens with zero attached hydrogens (tertiary/aromatic N) is 2. The Morgan fingerprint density at radius 1 is 0.875 bits per heavy atom. The standard InChI is InChI=1S/C25H17N3O3S/c1-15-14-32-25(26-15)27-22(29)17-11-12-19-20(13-17)24(31)28(23(19)30)21-10-6-5-9-18(21)16-7-3-2-4-8-16/h2-14H,1H3,(H,26,27,29). The first-order chi connectivity index (χ1) is 15.5. The predicted octanol–water partition coefficient (Wildman–Crippen LogP) is 5.17. The number of nitrogens with one attached hydrogen (secondary N) is 1. The van der Waals surface area contributed by atoms with Gasteiger partial charge in [0.15, 0.2) is 5.13 Å². The van der Waals surface area contributed by atoms with Crippen LogP contribution in [-0.4, -0.2) is 22.7 Å². The van der Waals surface area contributed by atoms with Gasteiger partial charge in [0.2, 0.25) is 0 Å². The molecule has 0 atom stereocenters. The number of hydrogen-bond acceptors (Lipinski definition) is 5. The van der Waals surface area contributed by atoms with Crippen LogP contribution in [0, 0.1) is 6.92 Å². The van der Waals surface area contributed by atoms with E-state index in [1.807, 2.05) is 54.8 Å². The molecule has 32 heavy (non-hydrogen) atoms. The van der Waals surface area contributed by atoms with E-state index in [0.717, 1.165) is 16.8 Å². The van der Waals surface area contributed by atoms with E-state index in [9.17, 15) is 14.4 Å². The second kappa shape index (κ2) is 7.86. The summed E-state index contributed by atoms with van der Waals surface area (Å²) < 4.78 is 0. The van der Waals surface area contributed by atoms with Crippen molar-refractivity contribution in [2.24, 2.45) is 0 Å². The Morgan fingerprint density at radius 3 is 2.34 bits per heavy atom. The molecule has 1 aliphatic rings. The molecule has 0 fully saturated rings. The van der Waals surface area contributed by atoms with Gasteiger partial charge in [0.1, 0.15) is 0 Å². The van der Waals surface area contributed by atoms with Crippen molar-refractivity contribution in [3.05, 3.63) is 101 Å². The number of para-hydroxylation sites is 1. The van der Waals surface area contributed by atoms with Crippen molar-refractivity contribution in [1.29, 1.82) is 0 Å². The Kier molecular flexibility index (Phi) is 4.88. The van der Waals surface area contributed by atoms with Crippen molar-refractivity contribution in [3.63, 3.8) is 0 Å². The van der Waals surface area contributed by atoms with Crippen molar-refractivity contribution in [2.45, 2.75) is 6.92 Å². The number of imide groups is 1. The minimum absolute atomic E-state index is 0.209. The normalized spacial score (nSPS) is 12.7. The fraction of sp³-hybridized carbons (Fsp3) is 0.0400. The molecule has 0 saturated carbocycles. The van der Waals surface area contributed by atoms with Gasteiger partial charge in [-0.2, -0.15) is 0 Å². The molecule has 4 aromatic rings. The van der Waals surface area contributed by atoms with Gasteiger partial charge in [-0.05, 0) is 36.8 Å². The second-order valence-electron chi connectivity index (χ2n) is 7.34. The first-order valence-corrected chi connectivity index (χ1v) is 10.8. The first kappa shape index (κ1) is 19.8. The number of anilines is 2. The van der Waals surface area contributed by atoms with Crippen LogP contribution >= 0.6 is 11.3 Å². The number of rotatable bonds is 4. The molecule has 0 radical (unpaired) electrons. The van der Waals surface area contributed by atoms with Crippen LogP contribution < -0.4 is 10.2 Å². The van der Waals surface area contributed by atoms with Gasteiger partial charge in [-0.15, -0.1) is 11.3 Å². The topological polar surface area (TPSA) is 79.4 Å². The van der Waals surface area contributed by atoms with Gasteiger partial charge < -0.3 is 0 Å². The number of carbonyl (C=O) groups excluding carboxylic acids is 3. The highest BCUT2D eigenvalue weighted by molar-refractivity contribution is 7.13. The molecular weight excluding hydrogens is 422 g/mol. The quantitative estimate of drug-likeness (QED) is 0.445. The second-order valence-corrected chi connectivity index (χ2v) is 8.20. The van der Waals surface area contributed by atoms with Gasteiger partial charge >= 0.3 is 0 Å². The van der Waals surface area contributed by atoms with Gasteiger partial charge in [-0.3, -0.25) is 19.7 Å². The SMILES string of the molecule is Cc1csc(NC(=O)c2ccc3c(c2)C(=O)N(c2ccccc2-c2ccccc2)C3=O)n1. The zero-order chi connectivity index (χ0) is 22.2. The summed E-state index contributed by atoms with van der Waals surface area (Å²) in [6, 6.07) is 21.4. The van der Waals surface area contributed by atoms with Crippen LogP contribution in [0.1, 0.15) is 36.8 Å². The van der Waals surface area contributed by atoms with Crippen LogP contribution in [0.2, 0.25) is 0 Å². The fourth-order valence-electron chi connectivity index (χ4n) is 3.71. The maximum Gasteiger partial charge on any atom is 0.266 e. The highest BCUT2D eigenvalue weighted by atomic mass is 32.1. The molecule has 0 aliphatic carbocycles. The van der Waals surface area contributed by atoms with Crippen molar-refractivity contribution in [1.82, 2.24) is 4.98 Å². The molecule has 6 nitrogen and oxygen atoms in total. The van der Waals surface area contributed by atoms with E-state index in [1.54, 1.807) is 18.2 Å². The minimum Gasteiger partial charge on any atom is -0.298 e. The first-order valence-electron chi connectivity index (χ1n) is 9.93. The van der Waals surface area contributed by atoms with E-state index in [-0.39, 0.29) is 22.6 Å². The summed E-state index contributed by atoms with van der Waals surface area (Å²) in [4.78, 5) is 44.5. The monoisotopic (exact) mass is 439 g/mol. The lowest BCUT2D eigenvalue weighted by Gasteiger charge is -2.18. The molecule has 2 heterocycles. The van der Waals surface area contributed by atoms with E-state index >= 15 is 0 Å². The molecule has 3 amide bonds. The van der Waals surface area contributed by atoms with Gasteiger partial charge in [0, 0.05) is 16.5 Å². The average molecular weight is 439 g/mol. The summed E-state index contributed by atoms with van der Waals surface area (Å²) in [5, 5.41) is 5.04. The van der Waals surface area contributed by atoms with Crippen molar-refractivity contribution >= 4 is 39.9 Å². The largest absolute Gasteiger partial charge is 0.298 e. The fourth-order valence-corrected chi connectivity index (χ4v) is 4.40. The molecular formula is C25H17N3O3S. The van der Waals surface area contributed by atoms with Crippen molar-refractivity contribution in [2.75, 3.05) is 10.2 Å². The Balaban J connectivity index is 1.50. The number of amides is 3. The minimum atomic E-state index is -0.451. The molecule has 1 aromatic heterocycles. The molecule has 0 saturated heterocycles. The van der Waals surface area contributed by atoms with Gasteiger partial charge in [-0.25, -0.2) is 9.88 Å². The third-order valence-corrected chi connectivity index (χ3v) is 6.09. The number of aromatic nitrogens is 1. The molecule has 5 rings (SSSR count). The van der Waals surface area contributed by atoms with E-state index < -0.39 is 11.8 Å². The molecule has 0 unspecified atom stereocenters. The van der Waals surface area contributed by atoms with Crippen LogP contribution in [0.15, 0.2) is 78.2 Å². The third-order valence-electron chi connectivity index (χ3n) is 5.22. The van der Waals surface area contributed by atoms with Crippen LogP contribution in [0.3, 0.4) is 0 Å². The lowest BCUT2D eigenvalue weighted by atomic mass is 10.0. The highest BCUT2D eigenvalue weighted by Crippen LogP contribution is 2.36. The number of carbonyl (C=O) groups is 3. The lowest BCUT2D eigenvalue weighted by molar-refractivity contribution is 0.0925. The summed E-state index contributed by atoms with van der Waals surface area (Å²) >= 11 is 1.32. The molecule has 3 aromatic carbocycles. The Morgan fingerprint density at radius 2 is 1.59 bits per heavy atom. The summed E-state index contributed by atoms with van der Waals surface area (Å²) in [7, 11) is 0. The van der Waals surface area contributed by atoms with Crippen molar-refractivity contribution in [3.8, 4) is 11.1 Å². The molecule has 0 spiro atoms. The smallest absolute Gasteiger partial charge is 0.266 e. The average Bonchev–Trinajstić information content (AvgIpc) is 3.34. The molecule has 156 valence electrons. The number of hydrogen-bond donors (Lipinski definition) is 1. The number of aryl methyl sites for hydroxylation is 1. The van der Waals surface area contributed by atoms with Crippen molar-refractivity contribution < 1.29 is 14.4 Å². The van der Waals surface area contributed by atoms with E-state index in [2.05, 4.69) is 10.3 Å². The van der Waals surface area contributed by atoms with Crippen LogP contribution in [0.25, 0.3) is 11.1 Å². The summed E-state index contributed by atoms with van der Waals surface area (Å²) in [6.45, 7) is 1.84. The van der Waals surface area contributed by atoms with E-state index in [1.165, 1.54) is 28.4 Å². The summed E-state index contributed by atoms with van der Waals surface area (Å²) in [5.74, 6) is -1.24. The van der Waals surface area contributed by atoms with Crippen LogP contribution in [0.4, 0.5) is 10.8 Å². The van der Waals surface area contributed by atoms with Crippen LogP contribution in [0.5, 0.6) is 0 Å². The Hall–Kier alpha value is -4.10. The molecule has 7 heteroatoms. The maximum absolute atomic E-state index is 13.3. The maximum atomic E-state index is 13.3. The Bertz CT molecular complexity index is 1380. The third kappa shape index (κ3) is 3.38. The van der Waals surface area contributed by atoms with E-state index in [0.29, 0.717) is 10.8 Å². The molecule has 1 N–H and O–H groups in total. The number of fused-ring (bicyclic) bond motifs is 1. The highest BCUT2D eigenvalue weighted by Gasteiger charge is 2.38. The zero-order valence-electron chi connectivity index (χ0n) is 17.0.